The van der Waals surface area contributed by atoms with Gasteiger partial charge in [-0.3, -0.25) is 4.57 Å². The van der Waals surface area contributed by atoms with Gasteiger partial charge in [-0.2, -0.15) is 0 Å². The van der Waals surface area contributed by atoms with Crippen LogP contribution in [0, 0.1) is 24.7 Å². The maximum atomic E-state index is 6.10. The maximum Gasteiger partial charge on any atom is 0.202 e. The molecule has 0 unspecified atom stereocenters. The molecule has 0 atom stereocenters. The molecule has 4 heteroatoms. The summed E-state index contributed by atoms with van der Waals surface area (Å²) in [6.07, 6.45) is 7.52. The Kier molecular flexibility index (Phi) is 2.34. The number of hydrogen-bond donors (Lipinski definition) is 1. The Hall–Kier alpha value is -1.58. The van der Waals surface area contributed by atoms with Crippen LogP contribution in [0.5, 0.6) is 0 Å². The average molecular weight is 256 g/mol. The minimum atomic E-state index is 0.624. The van der Waals surface area contributed by atoms with E-state index in [9.17, 15) is 0 Å². The number of nitrogens with two attached hydrogens (primary N) is 1. The SMILES string of the molecule is Cc1cnc2c(c1)nc(N)n2CC(C1CC1)C1CC1. The normalized spacial score (nSPS) is 19.5. The molecule has 0 spiro atoms. The number of nitrogen functional groups attached to an aromatic ring is 1. The minimum Gasteiger partial charge on any atom is -0.369 e. The maximum absolute atomic E-state index is 6.10. The van der Waals surface area contributed by atoms with E-state index >= 15 is 0 Å². The number of imidazole rings is 1. The molecule has 0 amide bonds. The van der Waals surface area contributed by atoms with Crippen molar-refractivity contribution in [2.75, 3.05) is 5.73 Å². The van der Waals surface area contributed by atoms with Crippen LogP contribution in [0.3, 0.4) is 0 Å². The molecular weight excluding hydrogens is 236 g/mol. The van der Waals surface area contributed by atoms with Crippen LogP contribution >= 0.6 is 0 Å². The van der Waals surface area contributed by atoms with E-state index in [1.54, 1.807) is 0 Å². The van der Waals surface area contributed by atoms with Crippen molar-refractivity contribution in [3.8, 4) is 0 Å². The van der Waals surface area contributed by atoms with E-state index in [0.717, 1.165) is 41.0 Å². The first-order valence-corrected chi connectivity index (χ1v) is 7.31. The number of fused-ring (bicyclic) bond motifs is 1. The lowest BCUT2D eigenvalue weighted by atomic mass is 9.98. The molecule has 4 rings (SSSR count). The van der Waals surface area contributed by atoms with E-state index in [0.29, 0.717) is 5.95 Å². The van der Waals surface area contributed by atoms with Gasteiger partial charge >= 0.3 is 0 Å². The third kappa shape index (κ3) is 1.99. The Bertz CT molecular complexity index is 610. The number of aryl methyl sites for hydroxylation is 1. The predicted octanol–water partition coefficient (Wildman–Crippen LogP) is 2.76. The molecule has 2 aromatic rings. The zero-order valence-corrected chi connectivity index (χ0v) is 11.3. The van der Waals surface area contributed by atoms with Crippen LogP contribution in [0.15, 0.2) is 12.3 Å². The van der Waals surface area contributed by atoms with E-state index in [1.165, 1.54) is 25.7 Å². The second-order valence-corrected chi connectivity index (χ2v) is 6.27. The Morgan fingerprint density at radius 3 is 2.63 bits per heavy atom. The smallest absolute Gasteiger partial charge is 0.202 e. The molecule has 2 saturated carbocycles. The fourth-order valence-corrected chi connectivity index (χ4v) is 3.25. The molecule has 2 fully saturated rings. The molecule has 2 heterocycles. The average Bonchev–Trinajstić information content (AvgIpc) is 3.24. The van der Waals surface area contributed by atoms with E-state index < -0.39 is 0 Å². The van der Waals surface area contributed by atoms with Crippen molar-refractivity contribution >= 4 is 17.1 Å². The van der Waals surface area contributed by atoms with E-state index in [2.05, 4.69) is 20.6 Å². The van der Waals surface area contributed by atoms with Crippen molar-refractivity contribution in [2.24, 2.45) is 17.8 Å². The molecule has 0 radical (unpaired) electrons. The molecule has 0 aromatic carbocycles. The van der Waals surface area contributed by atoms with Gasteiger partial charge in [-0.25, -0.2) is 9.97 Å². The summed E-state index contributed by atoms with van der Waals surface area (Å²) in [4.78, 5) is 9.00. The molecule has 0 aliphatic heterocycles. The number of anilines is 1. The lowest BCUT2D eigenvalue weighted by molar-refractivity contribution is 0.354. The highest BCUT2D eigenvalue weighted by atomic mass is 15.2. The lowest BCUT2D eigenvalue weighted by Crippen LogP contribution is -2.16. The van der Waals surface area contributed by atoms with Gasteiger partial charge in [0.15, 0.2) is 5.65 Å². The fraction of sp³-hybridized carbons (Fsp3) is 0.600. The number of hydrogen-bond acceptors (Lipinski definition) is 3. The first-order valence-electron chi connectivity index (χ1n) is 7.31. The summed E-state index contributed by atoms with van der Waals surface area (Å²) < 4.78 is 2.13. The summed E-state index contributed by atoms with van der Waals surface area (Å²) in [6, 6.07) is 2.07. The molecule has 4 nitrogen and oxygen atoms in total. The van der Waals surface area contributed by atoms with Crippen LogP contribution in [-0.2, 0) is 6.54 Å². The Morgan fingerprint density at radius 1 is 1.32 bits per heavy atom. The first kappa shape index (κ1) is 11.3. The topological polar surface area (TPSA) is 56.7 Å². The zero-order valence-electron chi connectivity index (χ0n) is 11.3. The largest absolute Gasteiger partial charge is 0.369 e. The summed E-state index contributed by atoms with van der Waals surface area (Å²) in [7, 11) is 0. The van der Waals surface area contributed by atoms with Gasteiger partial charge in [-0.05, 0) is 62.0 Å². The summed E-state index contributed by atoms with van der Waals surface area (Å²) in [5.74, 6) is 3.27. The molecule has 100 valence electrons. The van der Waals surface area contributed by atoms with Gasteiger partial charge in [-0.1, -0.05) is 0 Å². The molecule has 2 N–H and O–H groups in total. The zero-order chi connectivity index (χ0) is 13.0. The van der Waals surface area contributed by atoms with Crippen molar-refractivity contribution in [3.63, 3.8) is 0 Å². The Balaban J connectivity index is 1.71. The van der Waals surface area contributed by atoms with Crippen LogP contribution < -0.4 is 5.73 Å². The molecule has 0 saturated heterocycles. The molecule has 19 heavy (non-hydrogen) atoms. The minimum absolute atomic E-state index is 0.624. The second kappa shape index (κ2) is 3.95. The van der Waals surface area contributed by atoms with Gasteiger partial charge in [-0.15, -0.1) is 0 Å². The predicted molar refractivity (Wildman–Crippen MR) is 75.6 cm³/mol. The third-order valence-electron chi connectivity index (χ3n) is 4.60. The van der Waals surface area contributed by atoms with Crippen molar-refractivity contribution in [2.45, 2.75) is 39.2 Å². The second-order valence-electron chi connectivity index (χ2n) is 6.27. The van der Waals surface area contributed by atoms with Crippen LogP contribution in [0.25, 0.3) is 11.2 Å². The fourth-order valence-electron chi connectivity index (χ4n) is 3.25. The van der Waals surface area contributed by atoms with Gasteiger partial charge in [0, 0.05) is 12.7 Å². The van der Waals surface area contributed by atoms with E-state index in [1.807, 2.05) is 13.1 Å². The van der Waals surface area contributed by atoms with Crippen LogP contribution in [0.4, 0.5) is 5.95 Å². The number of rotatable bonds is 4. The van der Waals surface area contributed by atoms with Crippen molar-refractivity contribution in [1.82, 2.24) is 14.5 Å². The third-order valence-corrected chi connectivity index (χ3v) is 4.60. The van der Waals surface area contributed by atoms with Crippen molar-refractivity contribution < 1.29 is 0 Å². The van der Waals surface area contributed by atoms with Crippen LogP contribution in [0.1, 0.15) is 31.2 Å². The summed E-state index contributed by atoms with van der Waals surface area (Å²) >= 11 is 0. The highest BCUT2D eigenvalue weighted by molar-refractivity contribution is 5.74. The van der Waals surface area contributed by atoms with Crippen LogP contribution in [-0.4, -0.2) is 14.5 Å². The molecular formula is C15H20N4. The Labute approximate surface area is 113 Å². The van der Waals surface area contributed by atoms with Gasteiger partial charge in [0.25, 0.3) is 0 Å². The highest BCUT2D eigenvalue weighted by Gasteiger charge is 2.41. The standard InChI is InChI=1S/C15H20N4/c1-9-6-13-14(17-7-9)19(15(16)18-13)8-12(10-2-3-10)11-4-5-11/h6-7,10-12H,2-5,8H2,1H3,(H2,16,18). The lowest BCUT2D eigenvalue weighted by Gasteiger charge is -2.17. The number of aromatic nitrogens is 3. The monoisotopic (exact) mass is 256 g/mol. The summed E-state index contributed by atoms with van der Waals surface area (Å²) in [6.45, 7) is 3.05. The molecule has 2 aliphatic rings. The summed E-state index contributed by atoms with van der Waals surface area (Å²) in [5.41, 5.74) is 9.13. The molecule has 2 aliphatic carbocycles. The van der Waals surface area contributed by atoms with Crippen molar-refractivity contribution in [1.29, 1.82) is 0 Å². The molecule has 0 bridgehead atoms. The van der Waals surface area contributed by atoms with E-state index in [-0.39, 0.29) is 0 Å². The van der Waals surface area contributed by atoms with Crippen molar-refractivity contribution in [3.05, 3.63) is 17.8 Å². The van der Waals surface area contributed by atoms with Crippen LogP contribution in [0.2, 0.25) is 0 Å². The number of pyridine rings is 1. The van der Waals surface area contributed by atoms with Gasteiger partial charge in [0.1, 0.15) is 5.52 Å². The van der Waals surface area contributed by atoms with Gasteiger partial charge in [0.05, 0.1) is 0 Å². The Morgan fingerprint density at radius 2 is 2.00 bits per heavy atom. The first-order chi connectivity index (χ1) is 9.22. The quantitative estimate of drug-likeness (QED) is 0.915. The van der Waals surface area contributed by atoms with Gasteiger partial charge in [0.2, 0.25) is 5.95 Å². The van der Waals surface area contributed by atoms with E-state index in [4.69, 9.17) is 5.73 Å². The van der Waals surface area contributed by atoms with Gasteiger partial charge < -0.3 is 5.73 Å². The molecule has 2 aromatic heterocycles. The summed E-state index contributed by atoms with van der Waals surface area (Å²) in [5, 5.41) is 0. The number of nitrogens with zero attached hydrogens (tertiary/aromatic N) is 3. The highest BCUT2D eigenvalue weighted by Crippen LogP contribution is 2.50.